The van der Waals surface area contributed by atoms with Gasteiger partial charge in [0.05, 0.1) is 30.9 Å². The van der Waals surface area contributed by atoms with E-state index in [1.807, 2.05) is 0 Å². The molecule has 3 fully saturated rings. The summed E-state index contributed by atoms with van der Waals surface area (Å²) in [6.45, 7) is 0.313. The van der Waals surface area contributed by atoms with Crippen LogP contribution in [0, 0.1) is 0 Å². The first-order valence-electron chi connectivity index (χ1n) is 11.2. The second kappa shape index (κ2) is 13.3. The molecule has 12 atom stereocenters. The van der Waals surface area contributed by atoms with Crippen LogP contribution in [0.4, 0.5) is 0 Å². The molecule has 0 bridgehead atoms. The summed E-state index contributed by atoms with van der Waals surface area (Å²) in [5.41, 5.74) is 24.2. The summed E-state index contributed by atoms with van der Waals surface area (Å²) in [5.74, 6) is 0. The van der Waals surface area contributed by atoms with Gasteiger partial charge in [-0.1, -0.05) is 0 Å². The minimum absolute atomic E-state index is 0.0318. The highest BCUT2D eigenvalue weighted by molar-refractivity contribution is 7.79. The number of hydrogen-bond donors (Lipinski definition) is 10. The van der Waals surface area contributed by atoms with Gasteiger partial charge in [-0.3, -0.25) is 9.11 Å². The van der Waals surface area contributed by atoms with Gasteiger partial charge in [0.25, 0.3) is 0 Å². The monoisotopic (exact) mass is 533 g/mol. The summed E-state index contributed by atoms with van der Waals surface area (Å²) in [6, 6.07) is -2.18. The Kier molecular flexibility index (Phi) is 11.6. The van der Waals surface area contributed by atoms with Crippen molar-refractivity contribution in [3.05, 3.63) is 0 Å². The number of aliphatic hydroxyl groups excluding tert-OH is 3. The third-order valence-corrected chi connectivity index (χ3v) is 6.23. The van der Waals surface area contributed by atoms with E-state index in [1.165, 1.54) is 0 Å². The molecule has 1 saturated carbocycles. The van der Waals surface area contributed by atoms with Crippen molar-refractivity contribution in [3.8, 4) is 0 Å². The quantitative estimate of drug-likeness (QED) is 0.143. The summed E-state index contributed by atoms with van der Waals surface area (Å²) < 4.78 is 54.7. The first kappa shape index (κ1) is 30.6. The molecular formula is C18H39N5O11S. The van der Waals surface area contributed by atoms with Crippen LogP contribution in [0.3, 0.4) is 0 Å². The average molecular weight is 534 g/mol. The van der Waals surface area contributed by atoms with Gasteiger partial charge in [0.1, 0.15) is 24.4 Å². The molecule has 3 rings (SSSR count). The van der Waals surface area contributed by atoms with Crippen LogP contribution in [0.15, 0.2) is 0 Å². The van der Waals surface area contributed by atoms with Crippen molar-refractivity contribution in [2.75, 3.05) is 20.2 Å². The Balaban J connectivity index is 0.000000784. The summed E-state index contributed by atoms with van der Waals surface area (Å²) in [6.07, 6.45) is -5.27. The lowest BCUT2D eigenvalue weighted by molar-refractivity contribution is -0.296. The van der Waals surface area contributed by atoms with Crippen molar-refractivity contribution in [3.63, 3.8) is 0 Å². The van der Waals surface area contributed by atoms with Crippen LogP contribution < -0.4 is 28.3 Å². The highest BCUT2D eigenvalue weighted by Gasteiger charge is 2.48. The summed E-state index contributed by atoms with van der Waals surface area (Å²) in [4.78, 5) is 0. The van der Waals surface area contributed by atoms with Gasteiger partial charge in [0, 0.05) is 18.6 Å². The van der Waals surface area contributed by atoms with E-state index >= 15 is 0 Å². The molecule has 16 nitrogen and oxygen atoms in total. The Morgan fingerprint density at radius 1 is 0.943 bits per heavy atom. The minimum atomic E-state index is -4.67. The van der Waals surface area contributed by atoms with E-state index < -0.39 is 71.6 Å². The number of aliphatic hydroxyl groups is 3. The van der Waals surface area contributed by atoms with Gasteiger partial charge in [-0.15, -0.1) is 0 Å². The van der Waals surface area contributed by atoms with Gasteiger partial charge >= 0.3 is 10.4 Å². The van der Waals surface area contributed by atoms with E-state index in [0.717, 1.165) is 6.42 Å². The third kappa shape index (κ3) is 8.73. The maximum absolute atomic E-state index is 11.0. The Morgan fingerprint density at radius 2 is 1.49 bits per heavy atom. The Hall–Kier alpha value is -0.610. The van der Waals surface area contributed by atoms with Crippen molar-refractivity contribution in [1.82, 2.24) is 5.32 Å². The van der Waals surface area contributed by atoms with Crippen LogP contribution >= 0.6 is 0 Å². The molecule has 0 radical (unpaired) electrons. The van der Waals surface area contributed by atoms with Gasteiger partial charge in [0.15, 0.2) is 12.6 Å². The second-order valence-corrected chi connectivity index (χ2v) is 9.78. The molecule has 14 N–H and O–H groups in total. The first-order chi connectivity index (χ1) is 16.3. The SMILES string of the molecule is CN[C@@H]1C(O)[C@H](O[C@@H]2C(O)C(O[C@H]3OC(CN)CCC3N)[C@@H](N)C[C@H]2N)OC[C@@H]1O.O=S(=O)(O)O. The van der Waals surface area contributed by atoms with Crippen LogP contribution in [0.1, 0.15) is 19.3 Å². The minimum Gasteiger partial charge on any atom is -0.389 e. The zero-order chi connectivity index (χ0) is 26.5. The Bertz CT molecular complexity index is 744. The lowest BCUT2D eigenvalue weighted by Crippen LogP contribution is -2.67. The van der Waals surface area contributed by atoms with Gasteiger partial charge in [0.2, 0.25) is 0 Å². The van der Waals surface area contributed by atoms with Crippen molar-refractivity contribution < 1.29 is 51.8 Å². The van der Waals surface area contributed by atoms with Gasteiger partial charge < -0.3 is 62.5 Å². The lowest BCUT2D eigenvalue weighted by atomic mass is 9.84. The molecule has 5 unspecified atom stereocenters. The van der Waals surface area contributed by atoms with E-state index in [1.54, 1.807) is 7.05 Å². The number of rotatable bonds is 6. The maximum Gasteiger partial charge on any atom is 0.394 e. The number of ether oxygens (including phenoxy) is 4. The van der Waals surface area contributed by atoms with Crippen LogP contribution in [0.25, 0.3) is 0 Å². The molecule has 35 heavy (non-hydrogen) atoms. The molecule has 0 aromatic carbocycles. The number of nitrogens with two attached hydrogens (primary N) is 4. The van der Waals surface area contributed by atoms with Crippen LogP contribution in [-0.4, -0.2) is 126 Å². The van der Waals surface area contributed by atoms with Crippen LogP contribution in [0.2, 0.25) is 0 Å². The molecule has 2 saturated heterocycles. The molecular weight excluding hydrogens is 494 g/mol. The maximum atomic E-state index is 11.0. The molecule has 1 aliphatic carbocycles. The van der Waals surface area contributed by atoms with E-state index in [4.69, 9.17) is 59.4 Å². The number of nitrogens with one attached hydrogen (secondary N) is 1. The predicted octanol–water partition coefficient (Wildman–Crippen LogP) is -5.02. The zero-order valence-electron chi connectivity index (χ0n) is 19.4. The molecule has 0 spiro atoms. The van der Waals surface area contributed by atoms with Gasteiger partial charge in [-0.2, -0.15) is 8.42 Å². The third-order valence-electron chi connectivity index (χ3n) is 6.23. The summed E-state index contributed by atoms with van der Waals surface area (Å²) in [7, 11) is -3.05. The first-order valence-corrected chi connectivity index (χ1v) is 12.6. The highest BCUT2D eigenvalue weighted by atomic mass is 32.3. The van der Waals surface area contributed by atoms with E-state index in [9.17, 15) is 15.3 Å². The summed E-state index contributed by atoms with van der Waals surface area (Å²) in [5, 5.41) is 34.2. The molecule has 17 heteroatoms. The van der Waals surface area contributed by atoms with Crippen molar-refractivity contribution in [2.24, 2.45) is 22.9 Å². The fraction of sp³-hybridized carbons (Fsp3) is 1.00. The molecule has 0 amide bonds. The van der Waals surface area contributed by atoms with Crippen LogP contribution in [0.5, 0.6) is 0 Å². The molecule has 0 aromatic rings. The van der Waals surface area contributed by atoms with E-state index in [-0.39, 0.29) is 18.8 Å². The highest BCUT2D eigenvalue weighted by Crippen LogP contribution is 2.29. The largest absolute Gasteiger partial charge is 0.394 e. The fourth-order valence-corrected chi connectivity index (χ4v) is 4.40. The summed E-state index contributed by atoms with van der Waals surface area (Å²) >= 11 is 0. The zero-order valence-corrected chi connectivity index (χ0v) is 20.2. The predicted molar refractivity (Wildman–Crippen MR) is 120 cm³/mol. The molecule has 2 aliphatic heterocycles. The van der Waals surface area contributed by atoms with Crippen molar-refractivity contribution in [2.45, 2.75) is 92.6 Å². The molecule has 3 aliphatic rings. The van der Waals surface area contributed by atoms with Gasteiger partial charge in [-0.25, -0.2) is 0 Å². The number of hydrogen-bond acceptors (Lipinski definition) is 14. The van der Waals surface area contributed by atoms with Crippen molar-refractivity contribution in [1.29, 1.82) is 0 Å². The van der Waals surface area contributed by atoms with E-state index in [2.05, 4.69) is 5.32 Å². The second-order valence-electron chi connectivity index (χ2n) is 8.88. The van der Waals surface area contributed by atoms with Crippen molar-refractivity contribution >= 4 is 10.4 Å². The smallest absolute Gasteiger partial charge is 0.389 e. The fourth-order valence-electron chi connectivity index (χ4n) is 4.40. The number of likely N-dealkylation sites (N-methyl/N-ethyl adjacent to an activating group) is 1. The Labute approximate surface area is 203 Å². The lowest BCUT2D eigenvalue weighted by Gasteiger charge is -2.47. The topological polar surface area (TPSA) is 288 Å². The molecule has 2 heterocycles. The normalized spacial score (nSPS) is 44.9. The average Bonchev–Trinajstić information content (AvgIpc) is 2.76. The standard InChI is InChI=1S/C18H37N5O7.H2O4S/c1-23-12-11(24)6-27-18(13(12)25)30-16-10(22)4-9(21)15(14(16)26)29-17-8(20)3-2-7(5-19)28-17;1-5(2,3)4/h7-18,23-26H,2-6,19-22H2,1H3;(H2,1,2,3,4)/t7?,8?,9-,10+,11-,12-,13?,14?,15?,16-,17+,18-;/m0./s1. The van der Waals surface area contributed by atoms with Gasteiger partial charge in [-0.05, 0) is 26.3 Å². The molecule has 208 valence electrons. The van der Waals surface area contributed by atoms with E-state index in [0.29, 0.717) is 19.4 Å². The Morgan fingerprint density at radius 3 is 2.00 bits per heavy atom. The van der Waals surface area contributed by atoms with Crippen LogP contribution in [-0.2, 0) is 29.3 Å². The molecule has 0 aromatic heterocycles.